The van der Waals surface area contributed by atoms with Crippen molar-refractivity contribution in [3.8, 4) is 0 Å². The molecular formula is C10H13F3O3. The number of carbonyl (C=O) groups excluding carboxylic acids is 2. The summed E-state index contributed by atoms with van der Waals surface area (Å²) in [7, 11) is 0. The molecule has 0 bridgehead atoms. The van der Waals surface area contributed by atoms with E-state index >= 15 is 0 Å². The predicted octanol–water partition coefficient (Wildman–Crippen LogP) is 2.04. The van der Waals surface area contributed by atoms with Gasteiger partial charge in [0.2, 0.25) is 5.78 Å². The van der Waals surface area contributed by atoms with Crippen LogP contribution in [0, 0.1) is 0 Å². The van der Waals surface area contributed by atoms with E-state index in [1.807, 2.05) is 0 Å². The van der Waals surface area contributed by atoms with Crippen LogP contribution in [0.1, 0.15) is 32.1 Å². The van der Waals surface area contributed by atoms with E-state index in [1.165, 1.54) is 0 Å². The number of rotatable bonds is 4. The van der Waals surface area contributed by atoms with E-state index in [0.29, 0.717) is 12.8 Å². The predicted molar refractivity (Wildman–Crippen MR) is 48.9 cm³/mol. The molecule has 0 saturated heterocycles. The highest BCUT2D eigenvalue weighted by atomic mass is 19.3. The molecule has 1 aliphatic carbocycles. The Balaban J connectivity index is 2.53. The van der Waals surface area contributed by atoms with Gasteiger partial charge in [-0.1, -0.05) is 6.42 Å². The Morgan fingerprint density at radius 1 is 1.19 bits per heavy atom. The van der Waals surface area contributed by atoms with Crippen LogP contribution in [0.15, 0.2) is 0 Å². The zero-order chi connectivity index (χ0) is 12.2. The van der Waals surface area contributed by atoms with E-state index in [2.05, 4.69) is 4.74 Å². The fourth-order valence-corrected chi connectivity index (χ4v) is 1.61. The molecule has 0 amide bonds. The molecule has 0 aromatic carbocycles. The number of carbonyl (C=O) groups is 2. The van der Waals surface area contributed by atoms with Crippen LogP contribution in [-0.2, 0) is 14.3 Å². The monoisotopic (exact) mass is 238 g/mol. The Hall–Kier alpha value is -1.07. The SMILES string of the molecule is O=C(CF)C(F)(F)C(=O)OC1CCCCC1. The fraction of sp³-hybridized carbons (Fsp3) is 0.800. The Kier molecular flexibility index (Phi) is 4.32. The van der Waals surface area contributed by atoms with Crippen molar-refractivity contribution in [3.05, 3.63) is 0 Å². The minimum atomic E-state index is -4.35. The Bertz CT molecular complexity index is 272. The second-order valence-electron chi connectivity index (χ2n) is 3.80. The summed E-state index contributed by atoms with van der Waals surface area (Å²) in [6.07, 6.45) is 3.06. The second-order valence-corrected chi connectivity index (χ2v) is 3.80. The van der Waals surface area contributed by atoms with Gasteiger partial charge in [0.15, 0.2) is 6.67 Å². The smallest absolute Gasteiger partial charge is 0.402 e. The first-order valence-corrected chi connectivity index (χ1v) is 5.16. The fourth-order valence-electron chi connectivity index (χ4n) is 1.61. The molecule has 3 nitrogen and oxygen atoms in total. The standard InChI is InChI=1S/C10H13F3O3/c11-6-8(14)10(12,13)9(15)16-7-4-2-1-3-5-7/h7H,1-6H2. The summed E-state index contributed by atoms with van der Waals surface area (Å²) < 4.78 is 42.1. The number of alkyl halides is 3. The average Bonchev–Trinajstić information content (AvgIpc) is 2.29. The third-order valence-corrected chi connectivity index (χ3v) is 2.55. The molecule has 0 aliphatic heterocycles. The van der Waals surface area contributed by atoms with E-state index in [4.69, 9.17) is 0 Å². The number of esters is 1. The van der Waals surface area contributed by atoms with Crippen molar-refractivity contribution in [1.82, 2.24) is 0 Å². The number of Topliss-reactive ketones (excluding diaryl/α,β-unsaturated/α-hetero) is 1. The molecule has 0 aromatic heterocycles. The van der Waals surface area contributed by atoms with Gasteiger partial charge in [-0.2, -0.15) is 8.78 Å². The van der Waals surface area contributed by atoms with Crippen molar-refractivity contribution in [2.75, 3.05) is 6.67 Å². The van der Waals surface area contributed by atoms with Crippen LogP contribution in [0.3, 0.4) is 0 Å². The van der Waals surface area contributed by atoms with E-state index < -0.39 is 30.5 Å². The van der Waals surface area contributed by atoms with Crippen LogP contribution < -0.4 is 0 Å². The Labute approximate surface area is 91.0 Å². The first kappa shape index (κ1) is 13.0. The quantitative estimate of drug-likeness (QED) is 0.556. The van der Waals surface area contributed by atoms with Crippen molar-refractivity contribution < 1.29 is 27.5 Å². The summed E-state index contributed by atoms with van der Waals surface area (Å²) in [4.78, 5) is 21.5. The maximum Gasteiger partial charge on any atom is 0.402 e. The minimum Gasteiger partial charge on any atom is -0.458 e. The summed E-state index contributed by atoms with van der Waals surface area (Å²) in [5, 5.41) is 0. The third kappa shape index (κ3) is 2.96. The van der Waals surface area contributed by atoms with Crippen LogP contribution in [0.25, 0.3) is 0 Å². The van der Waals surface area contributed by atoms with Gasteiger partial charge in [-0.25, -0.2) is 9.18 Å². The molecule has 92 valence electrons. The zero-order valence-electron chi connectivity index (χ0n) is 8.68. The van der Waals surface area contributed by atoms with Crippen molar-refractivity contribution in [2.24, 2.45) is 0 Å². The summed E-state index contributed by atoms with van der Waals surface area (Å²) >= 11 is 0. The maximum absolute atomic E-state index is 12.9. The average molecular weight is 238 g/mol. The summed E-state index contributed by atoms with van der Waals surface area (Å²) in [6.45, 7) is -1.87. The topological polar surface area (TPSA) is 43.4 Å². The first-order chi connectivity index (χ1) is 7.48. The van der Waals surface area contributed by atoms with Gasteiger partial charge in [0, 0.05) is 0 Å². The van der Waals surface area contributed by atoms with Gasteiger partial charge in [-0.15, -0.1) is 0 Å². The van der Waals surface area contributed by atoms with Gasteiger partial charge in [0.05, 0.1) is 0 Å². The van der Waals surface area contributed by atoms with E-state index in [9.17, 15) is 22.8 Å². The van der Waals surface area contributed by atoms with Gasteiger partial charge in [-0.05, 0) is 25.7 Å². The van der Waals surface area contributed by atoms with Crippen molar-refractivity contribution in [2.45, 2.75) is 44.1 Å². The Morgan fingerprint density at radius 3 is 2.25 bits per heavy atom. The molecule has 6 heteroatoms. The van der Waals surface area contributed by atoms with E-state index in [1.54, 1.807) is 0 Å². The molecule has 16 heavy (non-hydrogen) atoms. The van der Waals surface area contributed by atoms with E-state index in [0.717, 1.165) is 19.3 Å². The van der Waals surface area contributed by atoms with Gasteiger partial charge >= 0.3 is 11.9 Å². The first-order valence-electron chi connectivity index (χ1n) is 5.16. The van der Waals surface area contributed by atoms with Crippen molar-refractivity contribution in [1.29, 1.82) is 0 Å². The molecule has 1 saturated carbocycles. The lowest BCUT2D eigenvalue weighted by atomic mass is 9.98. The molecule has 0 aromatic rings. The molecular weight excluding hydrogens is 225 g/mol. The summed E-state index contributed by atoms with van der Waals surface area (Å²) in [5.41, 5.74) is 0. The number of ether oxygens (including phenoxy) is 1. The third-order valence-electron chi connectivity index (χ3n) is 2.55. The molecule has 0 heterocycles. The van der Waals surface area contributed by atoms with Crippen molar-refractivity contribution >= 4 is 11.8 Å². The molecule has 0 N–H and O–H groups in total. The summed E-state index contributed by atoms with van der Waals surface area (Å²) in [5.74, 6) is -8.33. The lowest BCUT2D eigenvalue weighted by molar-refractivity contribution is -0.182. The largest absolute Gasteiger partial charge is 0.458 e. The molecule has 0 spiro atoms. The van der Waals surface area contributed by atoms with Crippen LogP contribution in [0.5, 0.6) is 0 Å². The lowest BCUT2D eigenvalue weighted by Crippen LogP contribution is -2.42. The molecule has 1 fully saturated rings. The molecule has 1 rings (SSSR count). The number of ketones is 1. The van der Waals surface area contributed by atoms with Crippen LogP contribution in [0.4, 0.5) is 13.2 Å². The second kappa shape index (κ2) is 5.32. The maximum atomic E-state index is 12.9. The normalized spacial score (nSPS) is 18.2. The highest BCUT2D eigenvalue weighted by molar-refractivity contribution is 6.05. The highest BCUT2D eigenvalue weighted by Crippen LogP contribution is 2.24. The molecule has 0 unspecified atom stereocenters. The van der Waals surface area contributed by atoms with Crippen LogP contribution >= 0.6 is 0 Å². The van der Waals surface area contributed by atoms with Gasteiger partial charge in [0.25, 0.3) is 0 Å². The van der Waals surface area contributed by atoms with Gasteiger partial charge in [0.1, 0.15) is 6.10 Å². The number of hydrogen-bond donors (Lipinski definition) is 0. The highest BCUT2D eigenvalue weighted by Gasteiger charge is 2.49. The molecule has 0 radical (unpaired) electrons. The van der Waals surface area contributed by atoms with E-state index in [-0.39, 0.29) is 0 Å². The summed E-state index contributed by atoms with van der Waals surface area (Å²) in [6, 6.07) is 0. The number of hydrogen-bond acceptors (Lipinski definition) is 3. The van der Waals surface area contributed by atoms with Crippen LogP contribution in [-0.4, -0.2) is 30.5 Å². The molecule has 0 atom stereocenters. The van der Waals surface area contributed by atoms with Crippen LogP contribution in [0.2, 0.25) is 0 Å². The Morgan fingerprint density at radius 2 is 1.75 bits per heavy atom. The number of halogens is 3. The molecule has 1 aliphatic rings. The lowest BCUT2D eigenvalue weighted by Gasteiger charge is -2.23. The van der Waals surface area contributed by atoms with Gasteiger partial charge < -0.3 is 4.74 Å². The minimum absolute atomic E-state index is 0.519. The zero-order valence-corrected chi connectivity index (χ0v) is 8.68. The van der Waals surface area contributed by atoms with Crippen molar-refractivity contribution in [3.63, 3.8) is 0 Å². The van der Waals surface area contributed by atoms with Gasteiger partial charge in [-0.3, -0.25) is 4.79 Å².